The first-order valence-electron chi connectivity index (χ1n) is 14.0. The molecule has 9 nitrogen and oxygen atoms in total. The SMILES string of the molecule is Cn1c(=O)c(C#N)c(NC(=O)C2CNCCN2)c2nc(C#N)c(C3CC3)c(C(c3ccc(F)cc3)c3ccc(F)cc3)c21. The fraction of sp³-hybridized carbons (Fsp3) is 0.281. The van der Waals surface area contributed by atoms with Crippen molar-refractivity contribution < 1.29 is 13.6 Å². The smallest absolute Gasteiger partial charge is 0.270 e. The van der Waals surface area contributed by atoms with Crippen molar-refractivity contribution >= 4 is 22.6 Å². The summed E-state index contributed by atoms with van der Waals surface area (Å²) in [5.74, 6) is -2.03. The largest absolute Gasteiger partial charge is 0.321 e. The lowest BCUT2D eigenvalue weighted by Gasteiger charge is -2.27. The van der Waals surface area contributed by atoms with E-state index in [1.807, 2.05) is 6.07 Å². The molecule has 1 aliphatic heterocycles. The van der Waals surface area contributed by atoms with Gasteiger partial charge in [-0.25, -0.2) is 13.8 Å². The van der Waals surface area contributed by atoms with Crippen LogP contribution in [-0.2, 0) is 11.8 Å². The lowest BCUT2D eigenvalue weighted by atomic mass is 9.80. The molecule has 2 fully saturated rings. The molecule has 43 heavy (non-hydrogen) atoms. The van der Waals surface area contributed by atoms with Crippen molar-refractivity contribution in [1.82, 2.24) is 20.2 Å². The number of fused-ring (bicyclic) bond motifs is 1. The Morgan fingerprint density at radius 2 is 1.65 bits per heavy atom. The molecule has 2 aromatic carbocycles. The fourth-order valence-electron chi connectivity index (χ4n) is 5.89. The Morgan fingerprint density at radius 1 is 1.02 bits per heavy atom. The second kappa shape index (κ2) is 11.4. The van der Waals surface area contributed by atoms with Gasteiger partial charge in [0.15, 0.2) is 0 Å². The summed E-state index contributed by atoms with van der Waals surface area (Å²) in [5, 5.41) is 29.4. The quantitative estimate of drug-likeness (QED) is 0.318. The lowest BCUT2D eigenvalue weighted by Crippen LogP contribution is -2.54. The molecule has 0 radical (unpaired) electrons. The van der Waals surface area contributed by atoms with Gasteiger partial charge in [0, 0.05) is 32.6 Å². The van der Waals surface area contributed by atoms with Crippen LogP contribution in [0.3, 0.4) is 0 Å². The number of carbonyl (C=O) groups excluding carboxylic acids is 1. The van der Waals surface area contributed by atoms with Gasteiger partial charge in [-0.05, 0) is 65.3 Å². The topological polar surface area (TPSA) is 136 Å². The summed E-state index contributed by atoms with van der Waals surface area (Å²) in [6, 6.07) is 15.3. The molecule has 11 heteroatoms. The summed E-state index contributed by atoms with van der Waals surface area (Å²) in [7, 11) is 1.52. The highest BCUT2D eigenvalue weighted by Crippen LogP contribution is 2.49. The molecule has 216 valence electrons. The van der Waals surface area contributed by atoms with E-state index in [1.54, 1.807) is 24.3 Å². The highest BCUT2D eigenvalue weighted by molar-refractivity contribution is 6.04. The number of hydrogen-bond acceptors (Lipinski definition) is 7. The Bertz CT molecular complexity index is 1830. The Balaban J connectivity index is 1.71. The maximum absolute atomic E-state index is 14.1. The average molecular weight is 580 g/mol. The summed E-state index contributed by atoms with van der Waals surface area (Å²) < 4.78 is 29.5. The first-order valence-corrected chi connectivity index (χ1v) is 14.0. The second-order valence-corrected chi connectivity index (χ2v) is 10.8. The van der Waals surface area contributed by atoms with Gasteiger partial charge in [0.05, 0.1) is 17.2 Å². The van der Waals surface area contributed by atoms with E-state index in [-0.39, 0.29) is 28.4 Å². The molecule has 2 aromatic heterocycles. The number of nitrogens with zero attached hydrogens (tertiary/aromatic N) is 4. The van der Waals surface area contributed by atoms with Gasteiger partial charge < -0.3 is 20.5 Å². The predicted octanol–water partition coefficient (Wildman–Crippen LogP) is 3.51. The molecule has 2 aliphatic rings. The first-order chi connectivity index (χ1) is 20.8. The molecule has 1 saturated heterocycles. The van der Waals surface area contributed by atoms with E-state index in [1.165, 1.54) is 35.9 Å². The van der Waals surface area contributed by atoms with Gasteiger partial charge in [-0.3, -0.25) is 9.59 Å². The molecular weight excluding hydrogens is 552 g/mol. The van der Waals surface area contributed by atoms with Crippen molar-refractivity contribution in [3.8, 4) is 12.1 Å². The highest BCUT2D eigenvalue weighted by atomic mass is 19.1. The Labute approximate surface area is 245 Å². The number of anilines is 1. The molecule has 1 amide bonds. The minimum absolute atomic E-state index is 0.0220. The number of aryl methyl sites for hydroxylation is 1. The number of hydrogen-bond donors (Lipinski definition) is 3. The van der Waals surface area contributed by atoms with Gasteiger partial charge in [0.2, 0.25) is 5.91 Å². The second-order valence-electron chi connectivity index (χ2n) is 10.8. The number of halogens is 2. The minimum atomic E-state index is -0.666. The number of rotatable bonds is 6. The number of pyridine rings is 2. The number of benzene rings is 2. The van der Waals surface area contributed by atoms with Crippen LogP contribution in [0.1, 0.15) is 58.2 Å². The molecule has 1 aliphatic carbocycles. The molecule has 4 aromatic rings. The lowest BCUT2D eigenvalue weighted by molar-refractivity contribution is -0.118. The molecule has 0 bridgehead atoms. The molecule has 1 saturated carbocycles. The van der Waals surface area contributed by atoms with Crippen LogP contribution in [0.15, 0.2) is 53.3 Å². The zero-order chi connectivity index (χ0) is 30.2. The molecule has 3 N–H and O–H groups in total. The Morgan fingerprint density at radius 3 is 2.16 bits per heavy atom. The Kier molecular flexibility index (Phi) is 7.45. The predicted molar refractivity (Wildman–Crippen MR) is 155 cm³/mol. The van der Waals surface area contributed by atoms with E-state index < -0.39 is 35.1 Å². The van der Waals surface area contributed by atoms with Gasteiger partial charge in [0.25, 0.3) is 5.56 Å². The van der Waals surface area contributed by atoms with Crippen LogP contribution in [-0.4, -0.2) is 41.1 Å². The van der Waals surface area contributed by atoms with Gasteiger partial charge >= 0.3 is 0 Å². The molecular formula is C32H27F2N7O2. The summed E-state index contributed by atoms with van der Waals surface area (Å²) in [4.78, 5) is 31.8. The van der Waals surface area contributed by atoms with E-state index in [0.29, 0.717) is 47.4 Å². The van der Waals surface area contributed by atoms with Gasteiger partial charge in [0.1, 0.15) is 40.5 Å². The maximum Gasteiger partial charge on any atom is 0.270 e. The van der Waals surface area contributed by atoms with Crippen LogP contribution < -0.4 is 21.5 Å². The molecule has 1 atom stereocenters. The molecule has 3 heterocycles. The van der Waals surface area contributed by atoms with Crippen LogP contribution in [0.4, 0.5) is 14.5 Å². The van der Waals surface area contributed by atoms with Gasteiger partial charge in [-0.1, -0.05) is 24.3 Å². The zero-order valence-electron chi connectivity index (χ0n) is 23.2. The summed E-state index contributed by atoms with van der Waals surface area (Å²) in [6.45, 7) is 1.60. The van der Waals surface area contributed by atoms with Gasteiger partial charge in [-0.2, -0.15) is 10.5 Å². The number of carbonyl (C=O) groups is 1. The van der Waals surface area contributed by atoms with Crippen LogP contribution in [0.25, 0.3) is 11.0 Å². The van der Waals surface area contributed by atoms with E-state index in [2.05, 4.69) is 27.0 Å². The minimum Gasteiger partial charge on any atom is -0.321 e. The van der Waals surface area contributed by atoms with Gasteiger partial charge in [-0.15, -0.1) is 0 Å². The summed E-state index contributed by atoms with van der Waals surface area (Å²) in [5.41, 5.74) is 2.01. The number of amides is 1. The van der Waals surface area contributed by atoms with Crippen LogP contribution in [0.5, 0.6) is 0 Å². The molecule has 0 spiro atoms. The van der Waals surface area contributed by atoms with Crippen molar-refractivity contribution in [2.24, 2.45) is 7.05 Å². The average Bonchev–Trinajstić information content (AvgIpc) is 3.87. The van der Waals surface area contributed by atoms with Crippen molar-refractivity contribution in [2.75, 3.05) is 25.0 Å². The van der Waals surface area contributed by atoms with E-state index >= 15 is 0 Å². The Hall–Kier alpha value is -4.97. The highest BCUT2D eigenvalue weighted by Gasteiger charge is 2.37. The molecule has 1 unspecified atom stereocenters. The van der Waals surface area contributed by atoms with Crippen LogP contribution in [0.2, 0.25) is 0 Å². The molecule has 6 rings (SSSR count). The van der Waals surface area contributed by atoms with Crippen LogP contribution in [0, 0.1) is 34.3 Å². The summed E-state index contributed by atoms with van der Waals surface area (Å²) in [6.07, 6.45) is 1.59. The number of aromatic nitrogens is 2. The third kappa shape index (κ3) is 5.14. The standard InChI is InChI=1S/C32H27F2N7O2/c1-41-30-27(25(17-4-8-20(33)9-5-17)18-6-10-21(34)11-7-18)26(19-2-3-19)23(15-36)39-29(30)28(22(14-35)32(41)43)40-31(42)24-16-37-12-13-38-24/h4-11,19,24-25,37-38H,2-3,12-13,16H2,1H3,(H,40,42). The maximum atomic E-state index is 14.1. The number of nitriles is 2. The van der Waals surface area contributed by atoms with E-state index in [9.17, 15) is 28.9 Å². The third-order valence-corrected chi connectivity index (χ3v) is 8.09. The van der Waals surface area contributed by atoms with Crippen molar-refractivity contribution in [2.45, 2.75) is 30.7 Å². The van der Waals surface area contributed by atoms with E-state index in [0.717, 1.165) is 12.8 Å². The van der Waals surface area contributed by atoms with Crippen molar-refractivity contribution in [1.29, 1.82) is 10.5 Å². The number of nitrogens with one attached hydrogen (secondary N) is 3. The monoisotopic (exact) mass is 579 g/mol. The van der Waals surface area contributed by atoms with Crippen LogP contribution >= 0.6 is 0 Å². The zero-order valence-corrected chi connectivity index (χ0v) is 23.2. The fourth-order valence-corrected chi connectivity index (χ4v) is 5.89. The number of piperazine rings is 1. The van der Waals surface area contributed by atoms with Crippen molar-refractivity contribution in [3.63, 3.8) is 0 Å². The van der Waals surface area contributed by atoms with E-state index in [4.69, 9.17) is 0 Å². The van der Waals surface area contributed by atoms with Crippen molar-refractivity contribution in [3.05, 3.63) is 104 Å². The summed E-state index contributed by atoms with van der Waals surface area (Å²) >= 11 is 0. The first kappa shape index (κ1) is 28.2. The third-order valence-electron chi connectivity index (χ3n) is 8.09. The normalized spacial score (nSPS) is 16.6.